The molecule has 100 valence electrons. The number of aryl methyl sites for hydroxylation is 1. The van der Waals surface area contributed by atoms with Crippen molar-refractivity contribution in [1.29, 1.82) is 0 Å². The maximum Gasteiger partial charge on any atom is 0.286 e. The standard InChI is InChI=1S/C15H25NOSi/c1-12-8-10-14(11-9-12)13(2)16-17-18(6,7)15(3,4)5/h8-11H,1-7H3/b16-13+. The van der Waals surface area contributed by atoms with E-state index in [0.29, 0.717) is 0 Å². The largest absolute Gasteiger partial charge is 0.455 e. The molecule has 0 unspecified atom stereocenters. The minimum atomic E-state index is -1.80. The average molecular weight is 263 g/mol. The smallest absolute Gasteiger partial charge is 0.286 e. The third-order valence-electron chi connectivity index (χ3n) is 3.69. The number of nitrogens with zero attached hydrogens (tertiary/aromatic N) is 1. The van der Waals surface area contributed by atoms with E-state index in [1.807, 2.05) is 6.92 Å². The predicted molar refractivity (Wildman–Crippen MR) is 81.7 cm³/mol. The van der Waals surface area contributed by atoms with Gasteiger partial charge in [0.05, 0.1) is 5.71 Å². The summed E-state index contributed by atoms with van der Waals surface area (Å²) >= 11 is 0. The van der Waals surface area contributed by atoms with Crippen LogP contribution in [0.3, 0.4) is 0 Å². The Balaban J connectivity index is 2.82. The van der Waals surface area contributed by atoms with Crippen LogP contribution >= 0.6 is 0 Å². The van der Waals surface area contributed by atoms with Crippen molar-refractivity contribution in [1.82, 2.24) is 0 Å². The Labute approximate surface area is 112 Å². The molecule has 1 rings (SSSR count). The zero-order valence-corrected chi connectivity index (χ0v) is 13.7. The van der Waals surface area contributed by atoms with E-state index < -0.39 is 8.32 Å². The second kappa shape index (κ2) is 5.27. The molecule has 2 nitrogen and oxygen atoms in total. The molecule has 0 fully saturated rings. The molecule has 0 saturated heterocycles. The Kier molecular flexibility index (Phi) is 4.38. The Bertz CT molecular complexity index is 427. The fourth-order valence-corrected chi connectivity index (χ4v) is 1.81. The Morgan fingerprint density at radius 1 is 1.11 bits per heavy atom. The fraction of sp³-hybridized carbons (Fsp3) is 0.533. The van der Waals surface area contributed by atoms with E-state index in [9.17, 15) is 0 Å². The van der Waals surface area contributed by atoms with Crippen molar-refractivity contribution in [3.8, 4) is 0 Å². The first-order valence-electron chi connectivity index (χ1n) is 6.43. The molecule has 0 heterocycles. The van der Waals surface area contributed by atoms with E-state index in [-0.39, 0.29) is 5.04 Å². The molecule has 1 aromatic carbocycles. The number of oxime groups is 1. The van der Waals surface area contributed by atoms with Crippen molar-refractivity contribution < 1.29 is 4.53 Å². The van der Waals surface area contributed by atoms with E-state index >= 15 is 0 Å². The second-order valence-electron chi connectivity index (χ2n) is 6.39. The number of benzene rings is 1. The van der Waals surface area contributed by atoms with Crippen LogP contribution in [-0.2, 0) is 4.53 Å². The van der Waals surface area contributed by atoms with Crippen LogP contribution in [-0.4, -0.2) is 14.0 Å². The van der Waals surface area contributed by atoms with Gasteiger partial charge in [0, 0.05) is 0 Å². The predicted octanol–water partition coefficient (Wildman–Crippen LogP) is 4.74. The first kappa shape index (κ1) is 15.0. The van der Waals surface area contributed by atoms with Gasteiger partial charge in [-0.3, -0.25) is 0 Å². The molecule has 0 saturated carbocycles. The van der Waals surface area contributed by atoms with E-state index in [1.54, 1.807) is 0 Å². The molecule has 3 heteroatoms. The second-order valence-corrected chi connectivity index (χ2v) is 11.1. The number of rotatable bonds is 3. The highest BCUT2D eigenvalue weighted by Gasteiger charge is 2.39. The van der Waals surface area contributed by atoms with Crippen LogP contribution in [0.4, 0.5) is 0 Å². The molecule has 0 amide bonds. The van der Waals surface area contributed by atoms with Crippen molar-refractivity contribution in [2.45, 2.75) is 52.8 Å². The van der Waals surface area contributed by atoms with Crippen LogP contribution in [0.5, 0.6) is 0 Å². The highest BCUT2D eigenvalue weighted by atomic mass is 28.4. The molecule has 1 aromatic rings. The summed E-state index contributed by atoms with van der Waals surface area (Å²) in [4.78, 5) is 0. The topological polar surface area (TPSA) is 21.6 Å². The first-order valence-corrected chi connectivity index (χ1v) is 9.34. The normalized spacial score (nSPS) is 13.6. The number of hydrogen-bond donors (Lipinski definition) is 0. The molecule has 0 spiro atoms. The fourth-order valence-electron chi connectivity index (χ4n) is 1.17. The van der Waals surface area contributed by atoms with Crippen molar-refractivity contribution in [3.05, 3.63) is 35.4 Å². The van der Waals surface area contributed by atoms with Gasteiger partial charge in [0.15, 0.2) is 0 Å². The van der Waals surface area contributed by atoms with Crippen molar-refractivity contribution in [2.75, 3.05) is 0 Å². The van der Waals surface area contributed by atoms with E-state index in [2.05, 4.69) is 70.2 Å². The molecule has 0 atom stereocenters. The van der Waals surface area contributed by atoms with Crippen LogP contribution in [0.2, 0.25) is 18.1 Å². The highest BCUT2D eigenvalue weighted by molar-refractivity contribution is 6.74. The first-order chi connectivity index (χ1) is 8.13. The average Bonchev–Trinajstić information content (AvgIpc) is 2.25. The monoisotopic (exact) mass is 263 g/mol. The molecule has 0 N–H and O–H groups in total. The summed E-state index contributed by atoms with van der Waals surface area (Å²) in [5, 5.41) is 4.53. The van der Waals surface area contributed by atoms with Crippen LogP contribution in [0.25, 0.3) is 0 Å². The third kappa shape index (κ3) is 3.70. The SMILES string of the molecule is C/C(=N\O[Si](C)(C)C(C)(C)C)c1ccc(C)cc1. The van der Waals surface area contributed by atoms with Crippen LogP contribution in [0, 0.1) is 6.92 Å². The Hall–Kier alpha value is -1.09. The minimum Gasteiger partial charge on any atom is -0.455 e. The van der Waals surface area contributed by atoms with Crippen molar-refractivity contribution in [3.63, 3.8) is 0 Å². The van der Waals surface area contributed by atoms with Gasteiger partial charge < -0.3 is 4.53 Å². The molecule has 0 aromatic heterocycles. The van der Waals surface area contributed by atoms with Gasteiger partial charge in [-0.2, -0.15) is 0 Å². The Morgan fingerprint density at radius 2 is 1.61 bits per heavy atom. The minimum absolute atomic E-state index is 0.185. The van der Waals surface area contributed by atoms with Gasteiger partial charge in [-0.1, -0.05) is 50.6 Å². The van der Waals surface area contributed by atoms with Crippen LogP contribution in [0.1, 0.15) is 38.8 Å². The molecule has 0 aliphatic heterocycles. The molecule has 0 bridgehead atoms. The zero-order valence-electron chi connectivity index (χ0n) is 12.7. The highest BCUT2D eigenvalue weighted by Crippen LogP contribution is 2.36. The summed E-state index contributed by atoms with van der Waals surface area (Å²) in [5.41, 5.74) is 3.33. The van der Waals surface area contributed by atoms with Gasteiger partial charge in [0.1, 0.15) is 0 Å². The quantitative estimate of drug-likeness (QED) is 0.438. The van der Waals surface area contributed by atoms with Gasteiger partial charge in [-0.05, 0) is 37.5 Å². The van der Waals surface area contributed by atoms with Crippen LogP contribution in [0.15, 0.2) is 29.4 Å². The molecule has 0 aliphatic rings. The lowest BCUT2D eigenvalue weighted by Gasteiger charge is -2.33. The van der Waals surface area contributed by atoms with Gasteiger partial charge in [-0.15, -0.1) is 5.16 Å². The van der Waals surface area contributed by atoms with Gasteiger partial charge >= 0.3 is 0 Å². The molecular formula is C15H25NOSi. The van der Waals surface area contributed by atoms with Gasteiger partial charge in [-0.25, -0.2) is 0 Å². The van der Waals surface area contributed by atoms with Crippen molar-refractivity contribution >= 4 is 14.0 Å². The van der Waals surface area contributed by atoms with Gasteiger partial charge in [0.2, 0.25) is 0 Å². The maximum atomic E-state index is 5.87. The summed E-state index contributed by atoms with van der Waals surface area (Å²) in [5.74, 6) is 0. The van der Waals surface area contributed by atoms with Gasteiger partial charge in [0.25, 0.3) is 8.32 Å². The summed E-state index contributed by atoms with van der Waals surface area (Å²) in [6.45, 7) is 15.2. The summed E-state index contributed by atoms with van der Waals surface area (Å²) < 4.78 is 5.87. The lowest BCUT2D eigenvalue weighted by Crippen LogP contribution is -2.39. The Morgan fingerprint density at radius 3 is 2.06 bits per heavy atom. The zero-order chi connectivity index (χ0) is 14.0. The lowest BCUT2D eigenvalue weighted by atomic mass is 10.1. The van der Waals surface area contributed by atoms with Crippen molar-refractivity contribution in [2.24, 2.45) is 5.16 Å². The summed E-state index contributed by atoms with van der Waals surface area (Å²) in [7, 11) is -1.80. The maximum absolute atomic E-state index is 5.87. The van der Waals surface area contributed by atoms with E-state index in [1.165, 1.54) is 5.56 Å². The molecular weight excluding hydrogens is 238 g/mol. The van der Waals surface area contributed by atoms with E-state index in [0.717, 1.165) is 11.3 Å². The molecule has 18 heavy (non-hydrogen) atoms. The van der Waals surface area contributed by atoms with Crippen LogP contribution < -0.4 is 0 Å². The lowest BCUT2D eigenvalue weighted by molar-refractivity contribution is 0.308. The molecule has 0 radical (unpaired) electrons. The molecule has 0 aliphatic carbocycles. The van der Waals surface area contributed by atoms with E-state index in [4.69, 9.17) is 4.53 Å². The third-order valence-corrected chi connectivity index (χ3v) is 7.85. The number of hydrogen-bond acceptors (Lipinski definition) is 2. The summed E-state index contributed by atoms with van der Waals surface area (Å²) in [6, 6.07) is 8.37. The summed E-state index contributed by atoms with van der Waals surface area (Å²) in [6.07, 6.45) is 0.